The topological polar surface area (TPSA) is 237 Å². The van der Waals surface area contributed by atoms with Crippen LogP contribution in [0.25, 0.3) is 0 Å². The normalized spacial score (nSPS) is 14.0. The van der Waals surface area contributed by atoms with Gasteiger partial charge in [0.15, 0.2) is 12.2 Å². The Kier molecular flexibility index (Phi) is 69.9. The monoisotopic (exact) mass is 1470 g/mol. The van der Waals surface area contributed by atoms with Crippen molar-refractivity contribution in [1.29, 1.82) is 0 Å². The average molecular weight is 1470 g/mol. The molecular formula is C81H158O17P2. The Bertz CT molecular complexity index is 1940. The number of phosphoric acid groups is 2. The van der Waals surface area contributed by atoms with E-state index in [0.29, 0.717) is 25.7 Å². The minimum Gasteiger partial charge on any atom is -0.462 e. The summed E-state index contributed by atoms with van der Waals surface area (Å²) >= 11 is 0. The number of hydrogen-bond donors (Lipinski definition) is 3. The first-order valence-corrected chi connectivity index (χ1v) is 44.8. The minimum atomic E-state index is -4.96. The Morgan fingerprint density at radius 1 is 0.270 bits per heavy atom. The van der Waals surface area contributed by atoms with Gasteiger partial charge in [0, 0.05) is 25.7 Å². The summed E-state index contributed by atoms with van der Waals surface area (Å²) in [6.45, 7) is 12.0. The van der Waals surface area contributed by atoms with Crippen LogP contribution in [0.5, 0.6) is 0 Å². The van der Waals surface area contributed by atoms with Crippen molar-refractivity contribution in [3.63, 3.8) is 0 Å². The number of ether oxygens (including phenoxy) is 4. The lowest BCUT2D eigenvalue weighted by molar-refractivity contribution is -0.161. The Morgan fingerprint density at radius 2 is 0.460 bits per heavy atom. The number of hydrogen-bond acceptors (Lipinski definition) is 15. The van der Waals surface area contributed by atoms with Crippen molar-refractivity contribution in [2.45, 2.75) is 439 Å². The lowest BCUT2D eigenvalue weighted by atomic mass is 10.0. The van der Waals surface area contributed by atoms with Crippen LogP contribution >= 0.6 is 15.6 Å². The Labute approximate surface area is 613 Å². The zero-order chi connectivity index (χ0) is 73.7. The van der Waals surface area contributed by atoms with Crippen LogP contribution in [-0.4, -0.2) is 96.7 Å². The van der Waals surface area contributed by atoms with Gasteiger partial charge in [0.05, 0.1) is 26.4 Å². The molecule has 0 aliphatic rings. The summed E-state index contributed by atoms with van der Waals surface area (Å²) in [5.41, 5.74) is 0. The molecule has 0 rings (SSSR count). The molecule has 0 heterocycles. The van der Waals surface area contributed by atoms with Crippen LogP contribution in [0.1, 0.15) is 421 Å². The van der Waals surface area contributed by atoms with E-state index < -0.39 is 97.5 Å². The molecule has 3 N–H and O–H groups in total. The number of esters is 4. The number of unbranched alkanes of at least 4 members (excludes halogenated alkanes) is 47. The molecule has 0 saturated carbocycles. The van der Waals surface area contributed by atoms with E-state index in [-0.39, 0.29) is 25.7 Å². The van der Waals surface area contributed by atoms with Gasteiger partial charge in [-0.25, -0.2) is 9.13 Å². The van der Waals surface area contributed by atoms with Gasteiger partial charge in [-0.15, -0.1) is 0 Å². The second kappa shape index (κ2) is 71.3. The number of carbonyl (C=O) groups excluding carboxylic acids is 4. The molecule has 0 amide bonds. The van der Waals surface area contributed by atoms with Crippen molar-refractivity contribution in [1.82, 2.24) is 0 Å². The number of phosphoric ester groups is 2. The zero-order valence-electron chi connectivity index (χ0n) is 65.7. The molecule has 0 spiro atoms. The molecule has 2 unspecified atom stereocenters. The summed E-state index contributed by atoms with van der Waals surface area (Å²) < 4.78 is 68.7. The second-order valence-corrected chi connectivity index (χ2v) is 33.5. The van der Waals surface area contributed by atoms with Crippen LogP contribution in [0.15, 0.2) is 0 Å². The minimum absolute atomic E-state index is 0.107. The molecule has 100 heavy (non-hydrogen) atoms. The number of carbonyl (C=O) groups is 4. The van der Waals surface area contributed by atoms with Gasteiger partial charge in [0.2, 0.25) is 0 Å². The Balaban J connectivity index is 5.24. The van der Waals surface area contributed by atoms with Crippen molar-refractivity contribution in [2.24, 2.45) is 17.8 Å². The van der Waals surface area contributed by atoms with E-state index >= 15 is 0 Å². The molecule has 0 fully saturated rings. The molecule has 0 aromatic heterocycles. The predicted molar refractivity (Wildman–Crippen MR) is 409 cm³/mol. The third kappa shape index (κ3) is 74.3. The number of rotatable bonds is 79. The molecule has 5 atom stereocenters. The zero-order valence-corrected chi connectivity index (χ0v) is 67.5. The lowest BCUT2D eigenvalue weighted by Crippen LogP contribution is -2.30. The number of aliphatic hydroxyl groups excluding tert-OH is 1. The summed E-state index contributed by atoms with van der Waals surface area (Å²) in [7, 11) is -9.92. The van der Waals surface area contributed by atoms with Crippen LogP contribution in [-0.2, 0) is 65.4 Å². The lowest BCUT2D eigenvalue weighted by Gasteiger charge is -2.21. The number of aliphatic hydroxyl groups is 1. The average Bonchev–Trinajstić information content (AvgIpc) is 0.928. The molecule has 0 aliphatic heterocycles. The molecule has 0 bridgehead atoms. The highest BCUT2D eigenvalue weighted by Crippen LogP contribution is 2.45. The summed E-state index contributed by atoms with van der Waals surface area (Å²) in [5.74, 6) is 0.269. The molecule has 0 saturated heterocycles. The first kappa shape index (κ1) is 98.1. The first-order valence-electron chi connectivity index (χ1n) is 41.8. The summed E-state index contributed by atoms with van der Waals surface area (Å²) in [4.78, 5) is 73.0. The Morgan fingerprint density at radius 3 is 0.680 bits per heavy atom. The smallest absolute Gasteiger partial charge is 0.462 e. The van der Waals surface area contributed by atoms with Crippen LogP contribution in [0.3, 0.4) is 0 Å². The molecule has 17 nitrogen and oxygen atoms in total. The molecule has 0 aromatic carbocycles. The van der Waals surface area contributed by atoms with Gasteiger partial charge >= 0.3 is 39.5 Å². The van der Waals surface area contributed by atoms with E-state index in [0.717, 1.165) is 108 Å². The van der Waals surface area contributed by atoms with E-state index in [1.807, 2.05) is 0 Å². The maximum absolute atomic E-state index is 13.1. The fourth-order valence-electron chi connectivity index (χ4n) is 12.5. The maximum Gasteiger partial charge on any atom is 0.472 e. The van der Waals surface area contributed by atoms with E-state index in [4.69, 9.17) is 37.0 Å². The molecule has 0 radical (unpaired) electrons. The van der Waals surface area contributed by atoms with Gasteiger partial charge in [-0.3, -0.25) is 37.3 Å². The first-order chi connectivity index (χ1) is 48.2. The maximum atomic E-state index is 13.1. The third-order valence-corrected chi connectivity index (χ3v) is 20.8. The third-order valence-electron chi connectivity index (χ3n) is 18.9. The van der Waals surface area contributed by atoms with Crippen LogP contribution in [0, 0.1) is 17.8 Å². The SMILES string of the molecule is CCCCCCCCCCCCC(=O)OC[C@H](COP(=O)(O)OC[C@H](O)COP(=O)(O)OC[C@@H](COC(=O)CCCCCCCCCCCCCCCCC(C)C)OC(=O)CCCCCCCCCCCCCCCCCC(C)C)OC(=O)CCCCCCCCCCCCCCC(C)C. The predicted octanol–water partition coefficient (Wildman–Crippen LogP) is 24.1. The molecule has 0 aromatic rings. The highest BCUT2D eigenvalue weighted by molar-refractivity contribution is 7.47. The highest BCUT2D eigenvalue weighted by Gasteiger charge is 2.30. The van der Waals surface area contributed by atoms with Crippen molar-refractivity contribution in [3.05, 3.63) is 0 Å². The van der Waals surface area contributed by atoms with Crippen molar-refractivity contribution >= 4 is 39.5 Å². The van der Waals surface area contributed by atoms with Gasteiger partial charge in [-0.1, -0.05) is 370 Å². The largest absolute Gasteiger partial charge is 0.472 e. The fraction of sp³-hybridized carbons (Fsp3) is 0.951. The van der Waals surface area contributed by atoms with Gasteiger partial charge in [-0.2, -0.15) is 0 Å². The summed E-state index contributed by atoms with van der Waals surface area (Å²) in [6.07, 6.45) is 59.5. The van der Waals surface area contributed by atoms with Gasteiger partial charge in [0.1, 0.15) is 19.3 Å². The molecule has 0 aliphatic carbocycles. The quantitative estimate of drug-likeness (QED) is 0.0222. The Hall–Kier alpha value is -1.94. The molecular weight excluding hydrogens is 1310 g/mol. The second-order valence-electron chi connectivity index (χ2n) is 30.6. The van der Waals surface area contributed by atoms with Gasteiger partial charge in [-0.05, 0) is 43.4 Å². The van der Waals surface area contributed by atoms with Crippen molar-refractivity contribution < 1.29 is 80.2 Å². The van der Waals surface area contributed by atoms with E-state index in [9.17, 15) is 43.2 Å². The van der Waals surface area contributed by atoms with Crippen LogP contribution in [0.4, 0.5) is 0 Å². The van der Waals surface area contributed by atoms with Gasteiger partial charge in [0.25, 0.3) is 0 Å². The standard InChI is InChI=1S/C81H158O17P2/c1-8-9-10-11-12-13-34-41-48-55-62-78(83)91-68-76(97-81(86)65-58-51-44-37-30-24-23-27-33-40-47-54-61-74(6)7)70-95-99(87,88)93-66-75(82)67-94-100(89,90)96-71-77(69-92-79(84)63-56-49-42-35-28-21-18-17-20-26-32-39-46-53-60-73(4)5)98-80(85)64-57-50-43-36-29-22-16-14-15-19-25-31-38-45-52-59-72(2)3/h72-77,82H,8-71H2,1-7H3,(H,87,88)(H,89,90)/t75-,76+,77+/m0/s1. The fourth-order valence-corrected chi connectivity index (χ4v) is 14.1. The summed E-state index contributed by atoms with van der Waals surface area (Å²) in [5, 5.41) is 10.6. The highest BCUT2D eigenvalue weighted by atomic mass is 31.2. The summed E-state index contributed by atoms with van der Waals surface area (Å²) in [6, 6.07) is 0. The van der Waals surface area contributed by atoms with E-state index in [1.54, 1.807) is 0 Å². The van der Waals surface area contributed by atoms with Gasteiger partial charge < -0.3 is 33.8 Å². The van der Waals surface area contributed by atoms with Crippen LogP contribution in [0.2, 0.25) is 0 Å². The molecule has 19 heteroatoms. The molecule has 594 valence electrons. The van der Waals surface area contributed by atoms with Crippen LogP contribution < -0.4 is 0 Å². The van der Waals surface area contributed by atoms with E-state index in [2.05, 4.69) is 48.5 Å². The van der Waals surface area contributed by atoms with E-state index in [1.165, 1.54) is 231 Å². The van der Waals surface area contributed by atoms with Crippen molar-refractivity contribution in [2.75, 3.05) is 39.6 Å². The van der Waals surface area contributed by atoms with Crippen molar-refractivity contribution in [3.8, 4) is 0 Å².